The maximum absolute atomic E-state index is 7.05. The van der Waals surface area contributed by atoms with E-state index in [9.17, 15) is 0 Å². The van der Waals surface area contributed by atoms with Gasteiger partial charge in [0, 0.05) is 49.5 Å². The van der Waals surface area contributed by atoms with Crippen molar-refractivity contribution in [2.75, 3.05) is 5.73 Å². The molecule has 7 rings (SSSR count). The van der Waals surface area contributed by atoms with Crippen LogP contribution in [0.1, 0.15) is 26.3 Å². The van der Waals surface area contributed by atoms with Crippen molar-refractivity contribution in [3.8, 4) is 22.3 Å². The lowest BCUT2D eigenvalue weighted by Crippen LogP contribution is -2.12. The third-order valence-corrected chi connectivity index (χ3v) is 7.43. The number of para-hydroxylation sites is 4. The largest absolute Gasteiger partial charge is 0.455 e. The number of hydrogen-bond donors (Lipinski definition) is 1. The van der Waals surface area contributed by atoms with E-state index < -0.39 is 0 Å². The zero-order valence-corrected chi connectivity index (χ0v) is 21.1. The van der Waals surface area contributed by atoms with E-state index in [-0.39, 0.29) is 5.41 Å². The molecule has 0 saturated carbocycles. The van der Waals surface area contributed by atoms with E-state index in [1.54, 1.807) is 0 Å². The van der Waals surface area contributed by atoms with Gasteiger partial charge >= 0.3 is 0 Å². The standard InChI is InChI=1S/C34H27NO2/c1-34(2,3)20-18-27(25-14-8-12-23-21-10-4-6-16-29(21)36-32(23)25)31(35)28(19-20)26-15-9-13-24-22-11-5-7-17-30(22)37-33(24)26/h4-19H,35H2,1-3H3. The summed E-state index contributed by atoms with van der Waals surface area (Å²) in [4.78, 5) is 0. The van der Waals surface area contributed by atoms with E-state index in [0.717, 1.165) is 66.1 Å². The van der Waals surface area contributed by atoms with Crippen LogP contribution in [-0.4, -0.2) is 0 Å². The summed E-state index contributed by atoms with van der Waals surface area (Å²) in [5.41, 5.74) is 16.3. The first-order valence-corrected chi connectivity index (χ1v) is 12.7. The minimum Gasteiger partial charge on any atom is -0.455 e. The van der Waals surface area contributed by atoms with Crippen LogP contribution < -0.4 is 5.73 Å². The van der Waals surface area contributed by atoms with Crippen LogP contribution in [-0.2, 0) is 5.41 Å². The summed E-state index contributed by atoms with van der Waals surface area (Å²) < 4.78 is 12.8. The first-order valence-electron chi connectivity index (χ1n) is 12.7. The Morgan fingerprint density at radius 3 is 1.41 bits per heavy atom. The molecule has 0 radical (unpaired) electrons. The highest BCUT2D eigenvalue weighted by Crippen LogP contribution is 2.45. The fourth-order valence-corrected chi connectivity index (χ4v) is 5.45. The fourth-order valence-electron chi connectivity index (χ4n) is 5.45. The molecule has 5 aromatic carbocycles. The Kier molecular flexibility index (Phi) is 4.56. The summed E-state index contributed by atoms with van der Waals surface area (Å²) in [6.45, 7) is 6.70. The summed E-state index contributed by atoms with van der Waals surface area (Å²) >= 11 is 0. The monoisotopic (exact) mass is 481 g/mol. The third kappa shape index (κ3) is 3.27. The van der Waals surface area contributed by atoms with Crippen LogP contribution in [0, 0.1) is 0 Å². The molecule has 0 fully saturated rings. The van der Waals surface area contributed by atoms with E-state index in [0.29, 0.717) is 5.69 Å². The van der Waals surface area contributed by atoms with Crippen molar-refractivity contribution in [1.29, 1.82) is 0 Å². The number of anilines is 1. The van der Waals surface area contributed by atoms with Gasteiger partial charge in [0.15, 0.2) is 0 Å². The Labute approximate surface area is 215 Å². The van der Waals surface area contributed by atoms with Crippen molar-refractivity contribution < 1.29 is 8.83 Å². The van der Waals surface area contributed by atoms with E-state index >= 15 is 0 Å². The molecule has 2 N–H and O–H groups in total. The number of rotatable bonds is 2. The molecule has 0 spiro atoms. The highest BCUT2D eigenvalue weighted by Gasteiger charge is 2.23. The van der Waals surface area contributed by atoms with Gasteiger partial charge in [-0.1, -0.05) is 93.6 Å². The number of nitrogen functional groups attached to an aromatic ring is 1. The van der Waals surface area contributed by atoms with Crippen LogP contribution in [0.15, 0.2) is 106 Å². The summed E-state index contributed by atoms with van der Waals surface area (Å²) in [6, 6.07) is 33.4. The lowest BCUT2D eigenvalue weighted by molar-refractivity contribution is 0.590. The van der Waals surface area contributed by atoms with Gasteiger partial charge in [-0.25, -0.2) is 0 Å². The lowest BCUT2D eigenvalue weighted by atomic mass is 9.82. The summed E-state index contributed by atoms with van der Waals surface area (Å²) in [5, 5.41) is 4.40. The third-order valence-electron chi connectivity index (χ3n) is 7.43. The SMILES string of the molecule is CC(C)(C)c1cc(-c2cccc3c2oc2ccccc23)c(N)c(-c2cccc3c2oc2ccccc23)c1. The molecule has 0 unspecified atom stereocenters. The second kappa shape index (κ2) is 7.75. The molecule has 0 bridgehead atoms. The van der Waals surface area contributed by atoms with Gasteiger partial charge in [0.2, 0.25) is 0 Å². The van der Waals surface area contributed by atoms with E-state index in [2.05, 4.69) is 81.4 Å². The Balaban J connectivity index is 1.56. The van der Waals surface area contributed by atoms with E-state index in [1.165, 1.54) is 5.56 Å². The number of nitrogens with two attached hydrogens (primary N) is 1. The molecule has 2 heterocycles. The summed E-state index contributed by atoms with van der Waals surface area (Å²) in [7, 11) is 0. The van der Waals surface area contributed by atoms with Crippen LogP contribution >= 0.6 is 0 Å². The van der Waals surface area contributed by atoms with Crippen LogP contribution in [0.3, 0.4) is 0 Å². The van der Waals surface area contributed by atoms with Crippen molar-refractivity contribution in [2.24, 2.45) is 0 Å². The van der Waals surface area contributed by atoms with Gasteiger partial charge in [-0.3, -0.25) is 0 Å². The van der Waals surface area contributed by atoms with Crippen LogP contribution in [0.4, 0.5) is 5.69 Å². The van der Waals surface area contributed by atoms with Crippen molar-refractivity contribution in [3.05, 3.63) is 103 Å². The Morgan fingerprint density at radius 2 is 0.946 bits per heavy atom. The Bertz CT molecular complexity index is 1850. The van der Waals surface area contributed by atoms with E-state index in [4.69, 9.17) is 14.6 Å². The highest BCUT2D eigenvalue weighted by atomic mass is 16.3. The molecule has 37 heavy (non-hydrogen) atoms. The van der Waals surface area contributed by atoms with Gasteiger partial charge in [0.1, 0.15) is 22.3 Å². The van der Waals surface area contributed by atoms with Crippen molar-refractivity contribution in [1.82, 2.24) is 0 Å². The zero-order valence-electron chi connectivity index (χ0n) is 21.1. The number of benzene rings is 5. The average molecular weight is 482 g/mol. The van der Waals surface area contributed by atoms with Crippen molar-refractivity contribution in [3.63, 3.8) is 0 Å². The van der Waals surface area contributed by atoms with Crippen molar-refractivity contribution >= 4 is 49.6 Å². The quantitative estimate of drug-likeness (QED) is 0.250. The molecule has 180 valence electrons. The van der Waals surface area contributed by atoms with Gasteiger partial charge < -0.3 is 14.6 Å². The number of fused-ring (bicyclic) bond motifs is 6. The maximum atomic E-state index is 7.05. The highest BCUT2D eigenvalue weighted by molar-refractivity contribution is 6.13. The molecule has 0 amide bonds. The topological polar surface area (TPSA) is 52.3 Å². The maximum Gasteiger partial charge on any atom is 0.143 e. The molecule has 0 aliphatic rings. The summed E-state index contributed by atoms with van der Waals surface area (Å²) in [5.74, 6) is 0. The van der Waals surface area contributed by atoms with Gasteiger partial charge in [0.25, 0.3) is 0 Å². The Morgan fingerprint density at radius 1 is 0.514 bits per heavy atom. The first-order chi connectivity index (χ1) is 17.9. The minimum atomic E-state index is -0.0826. The minimum absolute atomic E-state index is 0.0826. The Hall–Kier alpha value is -4.50. The second-order valence-electron chi connectivity index (χ2n) is 10.8. The second-order valence-corrected chi connectivity index (χ2v) is 10.8. The normalized spacial score (nSPS) is 12.3. The van der Waals surface area contributed by atoms with Gasteiger partial charge in [0.05, 0.1) is 0 Å². The fraction of sp³-hybridized carbons (Fsp3) is 0.118. The average Bonchev–Trinajstić information content (AvgIpc) is 3.47. The zero-order chi connectivity index (χ0) is 25.3. The molecular weight excluding hydrogens is 454 g/mol. The smallest absolute Gasteiger partial charge is 0.143 e. The number of hydrogen-bond acceptors (Lipinski definition) is 3. The molecule has 2 aromatic heterocycles. The van der Waals surface area contributed by atoms with Crippen molar-refractivity contribution in [2.45, 2.75) is 26.2 Å². The van der Waals surface area contributed by atoms with Gasteiger partial charge in [-0.15, -0.1) is 0 Å². The molecule has 0 aliphatic carbocycles. The van der Waals surface area contributed by atoms with Gasteiger partial charge in [-0.05, 0) is 35.2 Å². The number of furan rings is 2. The molecule has 3 heteroatoms. The molecule has 0 saturated heterocycles. The molecule has 0 aliphatic heterocycles. The molecule has 3 nitrogen and oxygen atoms in total. The molecule has 0 atom stereocenters. The van der Waals surface area contributed by atoms with Crippen LogP contribution in [0.5, 0.6) is 0 Å². The predicted octanol–water partition coefficient (Wildman–Crippen LogP) is 9.70. The lowest BCUT2D eigenvalue weighted by Gasteiger charge is -2.23. The van der Waals surface area contributed by atoms with Crippen LogP contribution in [0.25, 0.3) is 66.1 Å². The van der Waals surface area contributed by atoms with Gasteiger partial charge in [-0.2, -0.15) is 0 Å². The molecule has 7 aromatic rings. The first kappa shape index (κ1) is 21.8. The summed E-state index contributed by atoms with van der Waals surface area (Å²) in [6.07, 6.45) is 0. The molecular formula is C34H27NO2. The predicted molar refractivity (Wildman–Crippen MR) is 155 cm³/mol. The van der Waals surface area contributed by atoms with Crippen LogP contribution in [0.2, 0.25) is 0 Å². The van der Waals surface area contributed by atoms with E-state index in [1.807, 2.05) is 36.4 Å².